The highest BCUT2D eigenvalue weighted by atomic mass is 16.3. The van der Waals surface area contributed by atoms with Crippen molar-refractivity contribution in [2.45, 2.75) is 32.5 Å². The highest BCUT2D eigenvalue weighted by Gasteiger charge is 2.37. The summed E-state index contributed by atoms with van der Waals surface area (Å²) >= 11 is 0. The van der Waals surface area contributed by atoms with Gasteiger partial charge in [0, 0.05) is 6.42 Å². The Bertz CT molecular complexity index is 167. The van der Waals surface area contributed by atoms with Crippen molar-refractivity contribution in [3.05, 3.63) is 0 Å². The molecule has 3 nitrogen and oxygen atoms in total. The highest BCUT2D eigenvalue weighted by molar-refractivity contribution is 5.84. The number of hydrogen-bond donors (Lipinski definition) is 2. The van der Waals surface area contributed by atoms with Crippen molar-refractivity contribution in [1.82, 2.24) is 0 Å². The molecule has 1 saturated carbocycles. The maximum atomic E-state index is 11.0. The minimum Gasteiger partial charge on any atom is -0.390 e. The van der Waals surface area contributed by atoms with Gasteiger partial charge in [0.25, 0.3) is 0 Å². The van der Waals surface area contributed by atoms with Crippen LogP contribution in [0, 0.1) is 11.8 Å². The minimum atomic E-state index is -1.15. The van der Waals surface area contributed by atoms with Gasteiger partial charge in [-0.1, -0.05) is 13.8 Å². The first-order chi connectivity index (χ1) is 5.04. The first-order valence-electron chi connectivity index (χ1n) is 3.93. The topological polar surface area (TPSA) is 57.5 Å². The quantitative estimate of drug-likeness (QED) is 0.520. The van der Waals surface area contributed by atoms with E-state index in [0.29, 0.717) is 6.42 Å². The average molecular weight is 158 g/mol. The highest BCUT2D eigenvalue weighted by Crippen LogP contribution is 2.27. The Hall–Kier alpha value is -0.410. The normalized spacial score (nSPS) is 46.0. The number of aliphatic hydroxyl groups excluding tert-OH is 2. The second-order valence-corrected chi connectivity index (χ2v) is 3.44. The van der Waals surface area contributed by atoms with Crippen LogP contribution < -0.4 is 0 Å². The molecule has 3 heteroatoms. The molecule has 1 rings (SSSR count). The third-order valence-electron chi connectivity index (χ3n) is 2.61. The standard InChI is InChI=1S/C8H14O3/c1-4-3-6(9)8(11)7(10)5(4)2/h4-5,7-8,10-11H,3H2,1-2H3. The molecular weight excluding hydrogens is 144 g/mol. The zero-order valence-electron chi connectivity index (χ0n) is 6.82. The zero-order chi connectivity index (χ0) is 8.59. The third-order valence-corrected chi connectivity index (χ3v) is 2.61. The summed E-state index contributed by atoms with van der Waals surface area (Å²) in [7, 11) is 0. The van der Waals surface area contributed by atoms with Crippen LogP contribution in [0.1, 0.15) is 20.3 Å². The largest absolute Gasteiger partial charge is 0.390 e. The van der Waals surface area contributed by atoms with E-state index in [1.165, 1.54) is 0 Å². The van der Waals surface area contributed by atoms with E-state index in [4.69, 9.17) is 5.11 Å². The van der Waals surface area contributed by atoms with Crippen molar-refractivity contribution in [2.24, 2.45) is 11.8 Å². The monoisotopic (exact) mass is 158 g/mol. The van der Waals surface area contributed by atoms with Crippen LogP contribution in [0.5, 0.6) is 0 Å². The number of aliphatic hydroxyl groups is 2. The molecule has 0 aromatic carbocycles. The molecule has 2 N–H and O–H groups in total. The molecule has 0 radical (unpaired) electrons. The van der Waals surface area contributed by atoms with Gasteiger partial charge >= 0.3 is 0 Å². The van der Waals surface area contributed by atoms with E-state index in [0.717, 1.165) is 0 Å². The van der Waals surface area contributed by atoms with Crippen LogP contribution in [-0.2, 0) is 4.79 Å². The molecule has 1 aliphatic carbocycles. The number of ketones is 1. The van der Waals surface area contributed by atoms with Gasteiger partial charge in [-0.2, -0.15) is 0 Å². The maximum absolute atomic E-state index is 11.0. The third kappa shape index (κ3) is 1.44. The Kier molecular flexibility index (Phi) is 2.30. The summed E-state index contributed by atoms with van der Waals surface area (Å²) in [6.07, 6.45) is -1.63. The van der Waals surface area contributed by atoms with Crippen molar-refractivity contribution in [2.75, 3.05) is 0 Å². The number of Topliss-reactive ketones (excluding diaryl/α,β-unsaturated/α-hetero) is 1. The Morgan fingerprint density at radius 2 is 1.91 bits per heavy atom. The Labute approximate surface area is 66.0 Å². The lowest BCUT2D eigenvalue weighted by atomic mass is 9.77. The molecule has 1 aliphatic rings. The van der Waals surface area contributed by atoms with Crippen LogP contribution in [0.25, 0.3) is 0 Å². The summed E-state index contributed by atoms with van der Waals surface area (Å²) in [6.45, 7) is 3.77. The number of carbonyl (C=O) groups is 1. The van der Waals surface area contributed by atoms with Gasteiger partial charge in [-0.05, 0) is 11.8 Å². The lowest BCUT2D eigenvalue weighted by molar-refractivity contribution is -0.143. The summed E-state index contributed by atoms with van der Waals surface area (Å²) in [5.74, 6) is -0.0355. The molecule has 0 aliphatic heterocycles. The van der Waals surface area contributed by atoms with E-state index in [-0.39, 0.29) is 17.6 Å². The predicted octanol–water partition coefficient (Wildman–Crippen LogP) is -0.0468. The average Bonchev–Trinajstić information content (AvgIpc) is 1.97. The van der Waals surface area contributed by atoms with E-state index in [1.807, 2.05) is 13.8 Å². The van der Waals surface area contributed by atoms with E-state index < -0.39 is 12.2 Å². The fraction of sp³-hybridized carbons (Fsp3) is 0.875. The molecule has 11 heavy (non-hydrogen) atoms. The fourth-order valence-corrected chi connectivity index (χ4v) is 1.44. The number of rotatable bonds is 0. The van der Waals surface area contributed by atoms with Crippen LogP contribution in [-0.4, -0.2) is 28.2 Å². The van der Waals surface area contributed by atoms with Crippen LogP contribution >= 0.6 is 0 Å². The second-order valence-electron chi connectivity index (χ2n) is 3.44. The number of carbonyl (C=O) groups excluding carboxylic acids is 1. The molecule has 4 atom stereocenters. The molecule has 0 amide bonds. The molecule has 0 aromatic heterocycles. The van der Waals surface area contributed by atoms with Crippen LogP contribution in [0.4, 0.5) is 0 Å². The summed E-state index contributed by atoms with van der Waals surface area (Å²) in [5, 5.41) is 18.5. The molecule has 64 valence electrons. The summed E-state index contributed by atoms with van der Waals surface area (Å²) < 4.78 is 0. The van der Waals surface area contributed by atoms with Gasteiger partial charge in [0.2, 0.25) is 0 Å². The molecule has 0 aromatic rings. The van der Waals surface area contributed by atoms with E-state index in [2.05, 4.69) is 0 Å². The van der Waals surface area contributed by atoms with Crippen molar-refractivity contribution in [3.63, 3.8) is 0 Å². The molecule has 0 saturated heterocycles. The Morgan fingerprint density at radius 3 is 2.45 bits per heavy atom. The van der Waals surface area contributed by atoms with Gasteiger partial charge in [-0.3, -0.25) is 4.79 Å². The van der Waals surface area contributed by atoms with Crippen LogP contribution in [0.15, 0.2) is 0 Å². The van der Waals surface area contributed by atoms with Crippen LogP contribution in [0.2, 0.25) is 0 Å². The van der Waals surface area contributed by atoms with Crippen molar-refractivity contribution >= 4 is 5.78 Å². The minimum absolute atomic E-state index is 0.0164. The van der Waals surface area contributed by atoms with Gasteiger partial charge in [-0.25, -0.2) is 0 Å². The molecule has 0 heterocycles. The van der Waals surface area contributed by atoms with Gasteiger partial charge < -0.3 is 10.2 Å². The predicted molar refractivity (Wildman–Crippen MR) is 40.0 cm³/mol. The number of hydrogen-bond acceptors (Lipinski definition) is 3. The first-order valence-corrected chi connectivity index (χ1v) is 3.93. The molecule has 4 unspecified atom stereocenters. The summed E-state index contributed by atoms with van der Waals surface area (Å²) in [5.41, 5.74) is 0. The van der Waals surface area contributed by atoms with E-state index in [1.54, 1.807) is 0 Å². The van der Waals surface area contributed by atoms with E-state index >= 15 is 0 Å². The van der Waals surface area contributed by atoms with Crippen molar-refractivity contribution in [3.8, 4) is 0 Å². The smallest absolute Gasteiger partial charge is 0.164 e. The van der Waals surface area contributed by atoms with Crippen LogP contribution in [0.3, 0.4) is 0 Å². The maximum Gasteiger partial charge on any atom is 0.164 e. The molecule has 1 fully saturated rings. The summed E-state index contributed by atoms with van der Waals surface area (Å²) in [6, 6.07) is 0. The first kappa shape index (κ1) is 8.68. The van der Waals surface area contributed by atoms with Crippen molar-refractivity contribution < 1.29 is 15.0 Å². The SMILES string of the molecule is CC1CC(=O)C(O)C(O)C1C. The molecular formula is C8H14O3. The van der Waals surface area contributed by atoms with Gasteiger partial charge in [0.15, 0.2) is 5.78 Å². The van der Waals surface area contributed by atoms with Gasteiger partial charge in [0.05, 0.1) is 6.10 Å². The summed E-state index contributed by atoms with van der Waals surface area (Å²) in [4.78, 5) is 11.0. The fourth-order valence-electron chi connectivity index (χ4n) is 1.44. The Morgan fingerprint density at radius 1 is 1.36 bits per heavy atom. The Balaban J connectivity index is 2.70. The van der Waals surface area contributed by atoms with Crippen molar-refractivity contribution in [1.29, 1.82) is 0 Å². The zero-order valence-corrected chi connectivity index (χ0v) is 6.82. The second kappa shape index (κ2) is 2.91. The molecule has 0 spiro atoms. The van der Waals surface area contributed by atoms with Gasteiger partial charge in [-0.15, -0.1) is 0 Å². The lowest BCUT2D eigenvalue weighted by Gasteiger charge is -2.33. The lowest BCUT2D eigenvalue weighted by Crippen LogP contribution is -2.46. The van der Waals surface area contributed by atoms with E-state index in [9.17, 15) is 9.90 Å². The molecule has 0 bridgehead atoms. The van der Waals surface area contributed by atoms with Gasteiger partial charge in [0.1, 0.15) is 6.10 Å².